The highest BCUT2D eigenvalue weighted by atomic mass is 19.1. The van der Waals surface area contributed by atoms with Crippen LogP contribution in [0, 0.1) is 5.82 Å². The van der Waals surface area contributed by atoms with Crippen LogP contribution in [0.5, 0.6) is 11.6 Å². The van der Waals surface area contributed by atoms with Crippen molar-refractivity contribution in [2.24, 2.45) is 0 Å². The first-order valence-corrected chi connectivity index (χ1v) is 7.92. The maximum atomic E-state index is 12.9. The van der Waals surface area contributed by atoms with E-state index < -0.39 is 0 Å². The van der Waals surface area contributed by atoms with E-state index in [4.69, 9.17) is 10.1 Å². The van der Waals surface area contributed by atoms with Crippen LogP contribution in [0.25, 0.3) is 0 Å². The van der Waals surface area contributed by atoms with Gasteiger partial charge >= 0.3 is 0 Å². The van der Waals surface area contributed by atoms with Gasteiger partial charge in [0.2, 0.25) is 5.88 Å². The summed E-state index contributed by atoms with van der Waals surface area (Å²) in [5.41, 5.74) is 1.10. The van der Waals surface area contributed by atoms with E-state index in [0.29, 0.717) is 17.7 Å². The van der Waals surface area contributed by atoms with Gasteiger partial charge in [0, 0.05) is 37.9 Å². The Hall–Kier alpha value is -1.98. The largest absolute Gasteiger partial charge is 0.439 e. The number of ether oxygens (including phenoxy) is 1. The quantitative estimate of drug-likeness (QED) is 0.868. The normalized spacial score (nSPS) is 19.0. The molecular weight excluding hydrogens is 293 g/mol. The summed E-state index contributed by atoms with van der Waals surface area (Å²) in [7, 11) is 0. The van der Waals surface area contributed by atoms with Gasteiger partial charge in [-0.25, -0.2) is 14.7 Å². The highest BCUT2D eigenvalue weighted by Crippen LogP contribution is 2.23. The third-order valence-electron chi connectivity index (χ3n) is 4.05. The van der Waals surface area contributed by atoms with Crippen molar-refractivity contribution in [3.63, 3.8) is 0 Å². The molecule has 2 aromatic rings. The van der Waals surface area contributed by atoms with Gasteiger partial charge in [0.25, 0.3) is 0 Å². The zero-order chi connectivity index (χ0) is 16.2. The molecule has 0 bridgehead atoms. The van der Waals surface area contributed by atoms with Crippen LogP contribution in [0.1, 0.15) is 25.5 Å². The third-order valence-corrected chi connectivity index (χ3v) is 4.05. The minimum atomic E-state index is -0.283. The Morgan fingerprint density at radius 3 is 2.61 bits per heavy atom. The number of halogens is 1. The zero-order valence-electron chi connectivity index (χ0n) is 13.4. The molecule has 2 heterocycles. The standard InChI is InChI=1S/C18H21FN3O/c1-13(2)22-10-9-20-17(12-22)14-3-8-18(21-11-14)23-16-6-4-15(19)5-7-16/h3-8,11,13,17H,9-10,12H2,1-2H3. The zero-order valence-corrected chi connectivity index (χ0v) is 13.4. The lowest BCUT2D eigenvalue weighted by Crippen LogP contribution is -2.45. The molecule has 0 saturated carbocycles. The second kappa shape index (κ2) is 7.06. The van der Waals surface area contributed by atoms with Crippen molar-refractivity contribution >= 4 is 0 Å². The van der Waals surface area contributed by atoms with Gasteiger partial charge in [0.15, 0.2) is 0 Å². The lowest BCUT2D eigenvalue weighted by atomic mass is 10.1. The first-order chi connectivity index (χ1) is 11.1. The van der Waals surface area contributed by atoms with E-state index in [1.54, 1.807) is 12.1 Å². The molecular formula is C18H21FN3O. The number of aromatic nitrogens is 1. The summed E-state index contributed by atoms with van der Waals surface area (Å²) in [5.74, 6) is 0.783. The summed E-state index contributed by atoms with van der Waals surface area (Å²) in [6.07, 6.45) is 1.82. The van der Waals surface area contributed by atoms with E-state index >= 15 is 0 Å². The van der Waals surface area contributed by atoms with Crippen molar-refractivity contribution < 1.29 is 9.13 Å². The van der Waals surface area contributed by atoms with Gasteiger partial charge in [-0.2, -0.15) is 0 Å². The summed E-state index contributed by atoms with van der Waals surface area (Å²) in [4.78, 5) is 6.78. The molecule has 1 aliphatic heterocycles. The van der Waals surface area contributed by atoms with Gasteiger partial charge in [0.05, 0.1) is 6.04 Å². The molecule has 1 atom stereocenters. The fourth-order valence-electron chi connectivity index (χ4n) is 2.67. The molecule has 1 aromatic carbocycles. The smallest absolute Gasteiger partial charge is 0.219 e. The Kier molecular flexibility index (Phi) is 4.88. The Morgan fingerprint density at radius 2 is 1.96 bits per heavy atom. The average Bonchev–Trinajstić information content (AvgIpc) is 2.58. The Morgan fingerprint density at radius 1 is 1.17 bits per heavy atom. The van der Waals surface area contributed by atoms with Crippen LogP contribution in [0.3, 0.4) is 0 Å². The molecule has 1 fully saturated rings. The molecule has 5 heteroatoms. The van der Waals surface area contributed by atoms with Crippen LogP contribution >= 0.6 is 0 Å². The molecule has 23 heavy (non-hydrogen) atoms. The molecule has 0 amide bonds. The molecule has 1 saturated heterocycles. The number of hydrogen-bond donors (Lipinski definition) is 0. The monoisotopic (exact) mass is 314 g/mol. The van der Waals surface area contributed by atoms with E-state index in [1.165, 1.54) is 12.1 Å². The van der Waals surface area contributed by atoms with Crippen molar-refractivity contribution in [1.29, 1.82) is 0 Å². The summed E-state index contributed by atoms with van der Waals surface area (Å²) < 4.78 is 18.5. The van der Waals surface area contributed by atoms with Crippen LogP contribution in [-0.2, 0) is 0 Å². The van der Waals surface area contributed by atoms with Gasteiger partial charge in [-0.15, -0.1) is 0 Å². The number of rotatable bonds is 4. The summed E-state index contributed by atoms with van der Waals surface area (Å²) in [6, 6.07) is 10.4. The van der Waals surface area contributed by atoms with Gasteiger partial charge in [0.1, 0.15) is 11.6 Å². The van der Waals surface area contributed by atoms with Gasteiger partial charge in [-0.05, 0) is 43.7 Å². The SMILES string of the molecule is CC(C)N1CC[N]C(c2ccc(Oc3ccc(F)cc3)nc2)C1. The van der Waals surface area contributed by atoms with E-state index in [1.807, 2.05) is 18.3 Å². The van der Waals surface area contributed by atoms with Crippen LogP contribution < -0.4 is 10.1 Å². The van der Waals surface area contributed by atoms with E-state index in [0.717, 1.165) is 25.2 Å². The van der Waals surface area contributed by atoms with Crippen molar-refractivity contribution in [2.45, 2.75) is 25.9 Å². The van der Waals surface area contributed by atoms with Crippen LogP contribution in [0.4, 0.5) is 4.39 Å². The van der Waals surface area contributed by atoms with E-state index in [2.05, 4.69) is 23.7 Å². The van der Waals surface area contributed by atoms with Crippen molar-refractivity contribution in [3.05, 3.63) is 54.0 Å². The van der Waals surface area contributed by atoms with Crippen LogP contribution in [0.2, 0.25) is 0 Å². The average molecular weight is 314 g/mol. The molecule has 121 valence electrons. The minimum Gasteiger partial charge on any atom is -0.439 e. The number of benzene rings is 1. The molecule has 1 aromatic heterocycles. The van der Waals surface area contributed by atoms with Crippen molar-refractivity contribution in [3.8, 4) is 11.6 Å². The highest BCUT2D eigenvalue weighted by Gasteiger charge is 2.23. The lowest BCUT2D eigenvalue weighted by Gasteiger charge is -2.35. The molecule has 3 rings (SSSR count). The van der Waals surface area contributed by atoms with Crippen molar-refractivity contribution in [1.82, 2.24) is 15.2 Å². The maximum Gasteiger partial charge on any atom is 0.219 e. The maximum absolute atomic E-state index is 12.9. The van der Waals surface area contributed by atoms with Gasteiger partial charge < -0.3 is 4.74 Å². The molecule has 1 unspecified atom stereocenters. The summed E-state index contributed by atoms with van der Waals surface area (Å²) >= 11 is 0. The second-order valence-corrected chi connectivity index (χ2v) is 6.00. The number of nitrogens with zero attached hydrogens (tertiary/aromatic N) is 3. The molecule has 0 aliphatic carbocycles. The predicted molar refractivity (Wildman–Crippen MR) is 87.2 cm³/mol. The van der Waals surface area contributed by atoms with E-state index in [-0.39, 0.29) is 11.9 Å². The first-order valence-electron chi connectivity index (χ1n) is 7.92. The predicted octanol–water partition coefficient (Wildman–Crippen LogP) is 3.38. The van der Waals surface area contributed by atoms with Gasteiger partial charge in [-0.1, -0.05) is 6.07 Å². The fraction of sp³-hybridized carbons (Fsp3) is 0.389. The molecule has 1 aliphatic rings. The lowest BCUT2D eigenvalue weighted by molar-refractivity contribution is 0.159. The number of piperazine rings is 1. The Balaban J connectivity index is 1.65. The number of pyridine rings is 1. The Labute approximate surface area is 136 Å². The first kappa shape index (κ1) is 15.9. The van der Waals surface area contributed by atoms with E-state index in [9.17, 15) is 4.39 Å². The molecule has 4 nitrogen and oxygen atoms in total. The summed E-state index contributed by atoms with van der Waals surface area (Å²) in [5, 5.41) is 4.69. The topological polar surface area (TPSA) is 39.5 Å². The summed E-state index contributed by atoms with van der Waals surface area (Å²) in [6.45, 7) is 7.22. The van der Waals surface area contributed by atoms with Crippen molar-refractivity contribution in [2.75, 3.05) is 19.6 Å². The number of hydrogen-bond acceptors (Lipinski definition) is 3. The molecule has 1 radical (unpaired) electrons. The minimum absolute atomic E-state index is 0.165. The van der Waals surface area contributed by atoms with Crippen LogP contribution in [0.15, 0.2) is 42.6 Å². The highest BCUT2D eigenvalue weighted by molar-refractivity contribution is 5.29. The second-order valence-electron chi connectivity index (χ2n) is 6.00. The fourth-order valence-corrected chi connectivity index (χ4v) is 2.67. The molecule has 0 N–H and O–H groups in total. The molecule has 0 spiro atoms. The van der Waals surface area contributed by atoms with Crippen LogP contribution in [-0.4, -0.2) is 35.6 Å². The van der Waals surface area contributed by atoms with Gasteiger partial charge in [-0.3, -0.25) is 4.90 Å². The third kappa shape index (κ3) is 4.06. The Bertz CT molecular complexity index is 628.